The van der Waals surface area contributed by atoms with Gasteiger partial charge in [-0.1, -0.05) is 6.92 Å². The number of amides is 1. The Morgan fingerprint density at radius 3 is 2.70 bits per heavy atom. The Balaban J connectivity index is 0.00000242. The summed E-state index contributed by atoms with van der Waals surface area (Å²) < 4.78 is 4.35. The number of aromatic nitrogens is 2. The molecule has 23 heavy (non-hydrogen) atoms. The SMILES string of the molecule is CCc1nsc(N2CCCN(C(=O)CCCNC)CC2)n1.Cl.Cl. The fourth-order valence-corrected chi connectivity index (χ4v) is 3.25. The van der Waals surface area contributed by atoms with Gasteiger partial charge in [0.1, 0.15) is 5.82 Å². The van der Waals surface area contributed by atoms with Crippen LogP contribution in [0.4, 0.5) is 5.13 Å². The van der Waals surface area contributed by atoms with Gasteiger partial charge in [-0.15, -0.1) is 24.8 Å². The van der Waals surface area contributed by atoms with Crippen LogP contribution in [0.5, 0.6) is 0 Å². The van der Waals surface area contributed by atoms with E-state index in [1.807, 2.05) is 11.9 Å². The van der Waals surface area contributed by atoms with Gasteiger partial charge in [0.15, 0.2) is 0 Å². The molecule has 0 saturated carbocycles. The molecule has 0 atom stereocenters. The highest BCUT2D eigenvalue weighted by molar-refractivity contribution is 7.09. The zero-order chi connectivity index (χ0) is 15.1. The zero-order valence-electron chi connectivity index (χ0n) is 13.8. The molecule has 2 heterocycles. The van der Waals surface area contributed by atoms with Crippen LogP contribution in [0, 0.1) is 0 Å². The zero-order valence-corrected chi connectivity index (χ0v) is 16.2. The van der Waals surface area contributed by atoms with Crippen molar-refractivity contribution in [3.63, 3.8) is 0 Å². The van der Waals surface area contributed by atoms with Crippen molar-refractivity contribution in [2.45, 2.75) is 32.6 Å². The first kappa shape index (κ1) is 22.4. The molecule has 0 spiro atoms. The number of hydrogen-bond acceptors (Lipinski definition) is 6. The summed E-state index contributed by atoms with van der Waals surface area (Å²) in [6.45, 7) is 6.43. The lowest BCUT2D eigenvalue weighted by Crippen LogP contribution is -2.35. The fraction of sp³-hybridized carbons (Fsp3) is 0.786. The van der Waals surface area contributed by atoms with Crippen LogP contribution in [0.25, 0.3) is 0 Å². The summed E-state index contributed by atoms with van der Waals surface area (Å²) in [6, 6.07) is 0. The van der Waals surface area contributed by atoms with Crippen LogP contribution in [-0.4, -0.2) is 59.9 Å². The molecule has 6 nitrogen and oxygen atoms in total. The Kier molecular flexibility index (Phi) is 11.5. The molecule has 0 unspecified atom stereocenters. The average molecular weight is 384 g/mol. The van der Waals surface area contributed by atoms with Crippen LogP contribution in [0.15, 0.2) is 0 Å². The van der Waals surface area contributed by atoms with Gasteiger partial charge in [-0.05, 0) is 26.4 Å². The molecule has 9 heteroatoms. The molecule has 1 aromatic rings. The normalized spacial score (nSPS) is 14.7. The highest BCUT2D eigenvalue weighted by Crippen LogP contribution is 2.19. The Bertz CT molecular complexity index is 460. The van der Waals surface area contributed by atoms with Crippen molar-refractivity contribution in [3.8, 4) is 0 Å². The van der Waals surface area contributed by atoms with E-state index in [2.05, 4.69) is 26.5 Å². The van der Waals surface area contributed by atoms with Crippen LogP contribution in [0.2, 0.25) is 0 Å². The monoisotopic (exact) mass is 383 g/mol. The molecule has 134 valence electrons. The van der Waals surface area contributed by atoms with E-state index in [-0.39, 0.29) is 30.7 Å². The third-order valence-electron chi connectivity index (χ3n) is 3.71. The van der Waals surface area contributed by atoms with Gasteiger partial charge in [0.25, 0.3) is 0 Å². The van der Waals surface area contributed by atoms with Crippen molar-refractivity contribution in [3.05, 3.63) is 5.82 Å². The third kappa shape index (κ3) is 6.79. The fourth-order valence-electron chi connectivity index (χ4n) is 2.45. The molecule has 1 N–H and O–H groups in total. The van der Waals surface area contributed by atoms with Gasteiger partial charge in [0, 0.05) is 50.6 Å². The Morgan fingerprint density at radius 1 is 1.26 bits per heavy atom. The topological polar surface area (TPSA) is 61.4 Å². The Hall–Kier alpha value is -0.630. The first-order chi connectivity index (χ1) is 10.2. The number of aryl methyl sites for hydroxylation is 1. The van der Waals surface area contributed by atoms with Crippen LogP contribution < -0.4 is 10.2 Å². The lowest BCUT2D eigenvalue weighted by Gasteiger charge is -2.21. The van der Waals surface area contributed by atoms with E-state index in [1.54, 1.807) is 0 Å². The molecule has 0 aliphatic carbocycles. The van der Waals surface area contributed by atoms with Gasteiger partial charge in [0.05, 0.1) is 0 Å². The van der Waals surface area contributed by atoms with E-state index in [0.29, 0.717) is 6.42 Å². The molecule has 1 aliphatic heterocycles. The van der Waals surface area contributed by atoms with Gasteiger partial charge in [-0.3, -0.25) is 4.79 Å². The molecule has 2 rings (SSSR count). The molecular formula is C14H27Cl2N5OS. The van der Waals surface area contributed by atoms with E-state index in [0.717, 1.165) is 62.9 Å². The maximum Gasteiger partial charge on any atom is 0.222 e. The summed E-state index contributed by atoms with van der Waals surface area (Å²) in [5.41, 5.74) is 0. The third-order valence-corrected chi connectivity index (χ3v) is 4.52. The van der Waals surface area contributed by atoms with E-state index < -0.39 is 0 Å². The van der Waals surface area contributed by atoms with Crippen molar-refractivity contribution in [1.29, 1.82) is 0 Å². The number of halogens is 2. The Morgan fingerprint density at radius 2 is 2.04 bits per heavy atom. The first-order valence-corrected chi connectivity index (χ1v) is 8.51. The highest BCUT2D eigenvalue weighted by atomic mass is 35.5. The van der Waals surface area contributed by atoms with Gasteiger partial charge in [-0.2, -0.15) is 4.37 Å². The summed E-state index contributed by atoms with van der Waals surface area (Å²) in [7, 11) is 1.92. The summed E-state index contributed by atoms with van der Waals surface area (Å²) in [4.78, 5) is 21.0. The first-order valence-electron chi connectivity index (χ1n) is 7.74. The predicted molar refractivity (Wildman–Crippen MR) is 100 cm³/mol. The molecule has 0 aromatic carbocycles. The summed E-state index contributed by atoms with van der Waals surface area (Å²) in [6.07, 6.45) is 3.42. The lowest BCUT2D eigenvalue weighted by atomic mass is 10.2. The van der Waals surface area contributed by atoms with Crippen molar-refractivity contribution < 1.29 is 4.79 Å². The standard InChI is InChI=1S/C14H25N5OS.2ClH/c1-3-12-16-14(21-17-12)19-9-5-8-18(10-11-19)13(20)6-4-7-15-2;;/h15H,3-11H2,1-2H3;2*1H. The molecule has 1 saturated heterocycles. The number of carbonyl (C=O) groups is 1. The minimum absolute atomic E-state index is 0. The molecule has 1 amide bonds. The number of nitrogens with one attached hydrogen (secondary N) is 1. The van der Waals surface area contributed by atoms with Crippen LogP contribution >= 0.6 is 36.3 Å². The van der Waals surface area contributed by atoms with Gasteiger partial charge >= 0.3 is 0 Å². The van der Waals surface area contributed by atoms with Crippen LogP contribution in [0.3, 0.4) is 0 Å². The molecule has 1 fully saturated rings. The van der Waals surface area contributed by atoms with Crippen molar-refractivity contribution >= 4 is 47.4 Å². The minimum Gasteiger partial charge on any atom is -0.345 e. The van der Waals surface area contributed by atoms with E-state index in [1.165, 1.54) is 11.5 Å². The van der Waals surface area contributed by atoms with E-state index >= 15 is 0 Å². The van der Waals surface area contributed by atoms with Gasteiger partial charge in [0.2, 0.25) is 11.0 Å². The second-order valence-electron chi connectivity index (χ2n) is 5.28. The van der Waals surface area contributed by atoms with Crippen molar-refractivity contribution in [2.75, 3.05) is 44.7 Å². The molecule has 1 aromatic heterocycles. The van der Waals surface area contributed by atoms with E-state index in [9.17, 15) is 4.79 Å². The average Bonchev–Trinajstić information content (AvgIpc) is 2.84. The van der Waals surface area contributed by atoms with Gasteiger partial charge in [-0.25, -0.2) is 4.98 Å². The number of nitrogens with zero attached hydrogens (tertiary/aromatic N) is 4. The maximum absolute atomic E-state index is 12.2. The largest absolute Gasteiger partial charge is 0.345 e. The number of rotatable bonds is 6. The van der Waals surface area contributed by atoms with Crippen LogP contribution in [0.1, 0.15) is 32.0 Å². The van der Waals surface area contributed by atoms with Crippen molar-refractivity contribution in [2.24, 2.45) is 0 Å². The second-order valence-corrected chi connectivity index (χ2v) is 6.01. The number of carbonyl (C=O) groups excluding carboxylic acids is 1. The van der Waals surface area contributed by atoms with Gasteiger partial charge < -0.3 is 15.1 Å². The summed E-state index contributed by atoms with van der Waals surface area (Å²) >= 11 is 1.47. The second kappa shape index (κ2) is 11.8. The lowest BCUT2D eigenvalue weighted by molar-refractivity contribution is -0.131. The molecule has 0 radical (unpaired) electrons. The predicted octanol–water partition coefficient (Wildman–Crippen LogP) is 1.98. The maximum atomic E-state index is 12.2. The number of anilines is 1. The number of hydrogen-bond donors (Lipinski definition) is 1. The minimum atomic E-state index is 0. The molecule has 0 bridgehead atoms. The Labute approximate surface area is 155 Å². The van der Waals surface area contributed by atoms with E-state index in [4.69, 9.17) is 0 Å². The molecule has 1 aliphatic rings. The smallest absolute Gasteiger partial charge is 0.222 e. The highest BCUT2D eigenvalue weighted by Gasteiger charge is 2.20. The van der Waals surface area contributed by atoms with Crippen LogP contribution in [-0.2, 0) is 11.2 Å². The summed E-state index contributed by atoms with van der Waals surface area (Å²) in [5, 5.41) is 4.08. The van der Waals surface area contributed by atoms with Crippen molar-refractivity contribution in [1.82, 2.24) is 19.6 Å². The molecular weight excluding hydrogens is 357 g/mol. The summed E-state index contributed by atoms with van der Waals surface area (Å²) in [5.74, 6) is 1.19. The quantitative estimate of drug-likeness (QED) is 0.760.